The molecule has 0 atom stereocenters. The van der Waals surface area contributed by atoms with Crippen molar-refractivity contribution in [2.75, 3.05) is 18.5 Å². The van der Waals surface area contributed by atoms with Crippen molar-refractivity contribution in [3.05, 3.63) is 29.8 Å². The average molecular weight is 261 g/mol. The number of benzene rings is 1. The van der Waals surface area contributed by atoms with Gasteiger partial charge in [-0.05, 0) is 30.5 Å². The third-order valence-electron chi connectivity index (χ3n) is 3.71. The van der Waals surface area contributed by atoms with Gasteiger partial charge in [-0.15, -0.1) is 0 Å². The molecule has 1 aromatic carbocycles. The van der Waals surface area contributed by atoms with E-state index in [1.807, 2.05) is 36.2 Å². The second-order valence-electron chi connectivity index (χ2n) is 5.28. The molecule has 0 heterocycles. The molecule has 0 spiro atoms. The zero-order valence-corrected chi connectivity index (χ0v) is 11.6. The predicted molar refractivity (Wildman–Crippen MR) is 78.0 cm³/mol. The van der Waals surface area contributed by atoms with E-state index in [0.717, 1.165) is 24.1 Å². The van der Waals surface area contributed by atoms with Gasteiger partial charge in [0.15, 0.2) is 0 Å². The highest BCUT2D eigenvalue weighted by Gasteiger charge is 2.17. The Labute approximate surface area is 115 Å². The first-order valence-electron chi connectivity index (χ1n) is 6.98. The largest absolute Gasteiger partial charge is 0.365 e. The van der Waals surface area contributed by atoms with E-state index in [-0.39, 0.29) is 5.91 Å². The van der Waals surface area contributed by atoms with Crippen molar-refractivity contribution < 1.29 is 4.79 Å². The number of anilines is 1. The molecule has 1 aromatic rings. The van der Waals surface area contributed by atoms with Gasteiger partial charge in [0.25, 0.3) is 0 Å². The number of hydrogen-bond acceptors (Lipinski definition) is 3. The lowest BCUT2D eigenvalue weighted by atomic mass is 10.2. The molecule has 4 heteroatoms. The summed E-state index contributed by atoms with van der Waals surface area (Å²) >= 11 is 0. The van der Waals surface area contributed by atoms with Crippen LogP contribution >= 0.6 is 0 Å². The van der Waals surface area contributed by atoms with Crippen LogP contribution < -0.4 is 16.0 Å². The third kappa shape index (κ3) is 3.96. The lowest BCUT2D eigenvalue weighted by Crippen LogP contribution is -2.39. The first-order chi connectivity index (χ1) is 9.19. The number of nitrogens with zero attached hydrogens (tertiary/aromatic N) is 1. The van der Waals surface area contributed by atoms with Gasteiger partial charge in [-0.3, -0.25) is 4.79 Å². The van der Waals surface area contributed by atoms with Gasteiger partial charge in [0.1, 0.15) is 0 Å². The van der Waals surface area contributed by atoms with Crippen molar-refractivity contribution in [1.29, 1.82) is 0 Å². The predicted octanol–water partition coefficient (Wildman–Crippen LogP) is 1.64. The number of nitrogens with one attached hydrogen (secondary N) is 1. The van der Waals surface area contributed by atoms with E-state index in [4.69, 9.17) is 5.73 Å². The van der Waals surface area contributed by atoms with Crippen molar-refractivity contribution in [2.24, 2.45) is 5.73 Å². The maximum Gasteiger partial charge on any atom is 0.239 e. The van der Waals surface area contributed by atoms with Gasteiger partial charge in [-0.2, -0.15) is 0 Å². The molecule has 0 radical (unpaired) electrons. The van der Waals surface area contributed by atoms with Gasteiger partial charge >= 0.3 is 0 Å². The topological polar surface area (TPSA) is 58.4 Å². The SMILES string of the molecule is CN(CC(=O)NC1CCCC1)c1ccc(CN)cc1. The van der Waals surface area contributed by atoms with Crippen LogP contribution in [-0.2, 0) is 11.3 Å². The number of carbonyl (C=O) groups is 1. The molecule has 19 heavy (non-hydrogen) atoms. The lowest BCUT2D eigenvalue weighted by molar-refractivity contribution is -0.120. The van der Waals surface area contributed by atoms with Gasteiger partial charge in [-0.1, -0.05) is 25.0 Å². The van der Waals surface area contributed by atoms with Crippen molar-refractivity contribution in [3.63, 3.8) is 0 Å². The maximum atomic E-state index is 11.9. The number of amides is 1. The fourth-order valence-corrected chi connectivity index (χ4v) is 2.54. The molecular formula is C15H23N3O. The molecule has 1 aliphatic carbocycles. The third-order valence-corrected chi connectivity index (χ3v) is 3.71. The highest BCUT2D eigenvalue weighted by Crippen LogP contribution is 2.18. The number of carbonyl (C=O) groups excluding carboxylic acids is 1. The second kappa shape index (κ2) is 6.57. The van der Waals surface area contributed by atoms with Gasteiger partial charge in [0.2, 0.25) is 5.91 Å². The summed E-state index contributed by atoms with van der Waals surface area (Å²) < 4.78 is 0. The fourth-order valence-electron chi connectivity index (χ4n) is 2.54. The molecule has 1 saturated carbocycles. The van der Waals surface area contributed by atoms with Crippen molar-refractivity contribution in [1.82, 2.24) is 5.32 Å². The van der Waals surface area contributed by atoms with E-state index >= 15 is 0 Å². The Kier molecular flexibility index (Phi) is 4.80. The zero-order valence-electron chi connectivity index (χ0n) is 11.6. The van der Waals surface area contributed by atoms with E-state index in [1.165, 1.54) is 12.8 Å². The van der Waals surface area contributed by atoms with E-state index < -0.39 is 0 Å². The van der Waals surface area contributed by atoms with Crippen LogP contribution in [0.15, 0.2) is 24.3 Å². The maximum absolute atomic E-state index is 11.9. The molecule has 0 saturated heterocycles. The van der Waals surface area contributed by atoms with Crippen LogP contribution in [0, 0.1) is 0 Å². The minimum absolute atomic E-state index is 0.109. The van der Waals surface area contributed by atoms with E-state index in [0.29, 0.717) is 19.1 Å². The molecule has 0 bridgehead atoms. The number of nitrogens with two attached hydrogens (primary N) is 1. The van der Waals surface area contributed by atoms with Crippen LogP contribution in [0.25, 0.3) is 0 Å². The second-order valence-corrected chi connectivity index (χ2v) is 5.28. The standard InChI is InChI=1S/C15H23N3O/c1-18(14-8-6-12(10-16)7-9-14)11-15(19)17-13-4-2-3-5-13/h6-9,13H,2-5,10-11,16H2,1H3,(H,17,19). The Morgan fingerprint density at radius 3 is 2.53 bits per heavy atom. The summed E-state index contributed by atoms with van der Waals surface area (Å²) in [7, 11) is 1.94. The highest BCUT2D eigenvalue weighted by molar-refractivity contribution is 5.81. The molecule has 0 unspecified atom stereocenters. The van der Waals surface area contributed by atoms with E-state index in [9.17, 15) is 4.79 Å². The summed E-state index contributed by atoms with van der Waals surface area (Å²) in [6, 6.07) is 8.40. The number of likely N-dealkylation sites (N-methyl/N-ethyl adjacent to an activating group) is 1. The zero-order chi connectivity index (χ0) is 13.7. The van der Waals surface area contributed by atoms with Gasteiger partial charge in [-0.25, -0.2) is 0 Å². The number of rotatable bonds is 5. The van der Waals surface area contributed by atoms with Gasteiger partial charge in [0.05, 0.1) is 6.54 Å². The monoisotopic (exact) mass is 261 g/mol. The van der Waals surface area contributed by atoms with Crippen LogP contribution in [-0.4, -0.2) is 25.5 Å². The van der Waals surface area contributed by atoms with Crippen LogP contribution in [0.4, 0.5) is 5.69 Å². The van der Waals surface area contributed by atoms with Crippen LogP contribution in [0.2, 0.25) is 0 Å². The Balaban J connectivity index is 1.84. The smallest absolute Gasteiger partial charge is 0.239 e. The minimum atomic E-state index is 0.109. The lowest BCUT2D eigenvalue weighted by Gasteiger charge is -2.20. The summed E-state index contributed by atoms with van der Waals surface area (Å²) in [5, 5.41) is 3.10. The van der Waals surface area contributed by atoms with Crippen LogP contribution in [0.1, 0.15) is 31.2 Å². The molecule has 2 rings (SSSR count). The molecule has 0 aliphatic heterocycles. The molecule has 4 nitrogen and oxygen atoms in total. The van der Waals surface area contributed by atoms with Gasteiger partial charge in [0, 0.05) is 25.3 Å². The summed E-state index contributed by atoms with van der Waals surface area (Å²) in [6.07, 6.45) is 4.73. The normalized spacial score (nSPS) is 15.5. The molecule has 1 aliphatic rings. The summed E-state index contributed by atoms with van der Waals surface area (Å²) in [4.78, 5) is 13.9. The van der Waals surface area contributed by atoms with Gasteiger partial charge < -0.3 is 16.0 Å². The van der Waals surface area contributed by atoms with Crippen LogP contribution in [0.5, 0.6) is 0 Å². The van der Waals surface area contributed by atoms with Crippen molar-refractivity contribution in [3.8, 4) is 0 Å². The van der Waals surface area contributed by atoms with Crippen LogP contribution in [0.3, 0.4) is 0 Å². The van der Waals surface area contributed by atoms with E-state index in [1.54, 1.807) is 0 Å². The summed E-state index contributed by atoms with van der Waals surface area (Å²) in [5.74, 6) is 0.109. The Hall–Kier alpha value is -1.55. The van der Waals surface area contributed by atoms with Crippen molar-refractivity contribution >= 4 is 11.6 Å². The molecule has 1 fully saturated rings. The first-order valence-corrected chi connectivity index (χ1v) is 6.98. The molecule has 0 aromatic heterocycles. The Morgan fingerprint density at radius 2 is 1.95 bits per heavy atom. The number of hydrogen-bond donors (Lipinski definition) is 2. The average Bonchev–Trinajstić information content (AvgIpc) is 2.91. The van der Waals surface area contributed by atoms with E-state index in [2.05, 4.69) is 5.32 Å². The summed E-state index contributed by atoms with van der Waals surface area (Å²) in [6.45, 7) is 0.949. The molecule has 3 N–H and O–H groups in total. The Bertz CT molecular complexity index is 410. The quantitative estimate of drug-likeness (QED) is 0.847. The highest BCUT2D eigenvalue weighted by atomic mass is 16.2. The molecule has 104 valence electrons. The first kappa shape index (κ1) is 13.9. The molecular weight excluding hydrogens is 238 g/mol. The summed E-state index contributed by atoms with van der Waals surface area (Å²) in [5.41, 5.74) is 7.72. The minimum Gasteiger partial charge on any atom is -0.365 e. The Morgan fingerprint density at radius 1 is 1.32 bits per heavy atom. The fraction of sp³-hybridized carbons (Fsp3) is 0.533. The van der Waals surface area contributed by atoms with Crippen molar-refractivity contribution in [2.45, 2.75) is 38.3 Å². The molecule has 1 amide bonds.